The van der Waals surface area contributed by atoms with E-state index in [4.69, 9.17) is 48.4 Å². The van der Waals surface area contributed by atoms with Crippen molar-refractivity contribution in [1.82, 2.24) is 40.4 Å². The number of hydrogen-bond acceptors (Lipinski definition) is 16. The van der Waals surface area contributed by atoms with Crippen LogP contribution in [0.15, 0.2) is 36.4 Å². The smallest absolute Gasteiger partial charge is 0.408 e. The number of hydrogen-bond donors (Lipinski definition) is 2. The van der Waals surface area contributed by atoms with E-state index in [1.54, 1.807) is 19.1 Å². The van der Waals surface area contributed by atoms with E-state index >= 15 is 0 Å². The first-order valence-corrected chi connectivity index (χ1v) is 34.3. The fourth-order valence-electron chi connectivity index (χ4n) is 16.8. The first kappa shape index (κ1) is 71.1. The van der Waals surface area contributed by atoms with Crippen LogP contribution in [0, 0.1) is 46.3 Å². The Labute approximate surface area is 577 Å². The second kappa shape index (κ2) is 28.0. The van der Waals surface area contributed by atoms with Gasteiger partial charge in [0.2, 0.25) is 23.6 Å². The Balaban J connectivity index is 0.000000201. The fourth-order valence-corrected chi connectivity index (χ4v) is 16.8. The average molecular weight is 1370 g/mol. The zero-order valence-corrected chi connectivity index (χ0v) is 59.6. The molecule has 2 unspecified atom stereocenters. The van der Waals surface area contributed by atoms with Gasteiger partial charge >= 0.3 is 12.2 Å². The van der Waals surface area contributed by atoms with Gasteiger partial charge in [-0.2, -0.15) is 0 Å². The molecule has 2 aromatic carbocycles. The Bertz CT molecular complexity index is 3350. The number of aromatic nitrogens is 4. The van der Waals surface area contributed by atoms with E-state index in [1.165, 1.54) is 11.3 Å². The van der Waals surface area contributed by atoms with Crippen molar-refractivity contribution in [3.63, 3.8) is 0 Å². The number of alkyl carbamates (subject to hydrolysis) is 2. The molecule has 2 radical (unpaired) electrons. The zero-order valence-electron chi connectivity index (χ0n) is 56.8. The molecule has 508 valence electrons. The predicted octanol–water partition coefficient (Wildman–Crippen LogP) is 11.5. The van der Waals surface area contributed by atoms with E-state index in [0.717, 1.165) is 125 Å². The molecule has 4 amide bonds. The third-order valence-electron chi connectivity index (χ3n) is 22.7. The van der Waals surface area contributed by atoms with Crippen molar-refractivity contribution in [3.8, 4) is 23.3 Å². The van der Waals surface area contributed by atoms with Crippen LogP contribution in [0.5, 0.6) is 23.3 Å². The van der Waals surface area contributed by atoms with Crippen LogP contribution in [0.4, 0.5) is 9.59 Å². The van der Waals surface area contributed by atoms with Crippen LogP contribution in [0.1, 0.15) is 196 Å². The van der Waals surface area contributed by atoms with Crippen LogP contribution in [0.2, 0.25) is 0 Å². The molecule has 5 aliphatic carbocycles. The van der Waals surface area contributed by atoms with E-state index in [2.05, 4.69) is 23.2 Å². The summed E-state index contributed by atoms with van der Waals surface area (Å²) in [6.07, 6.45) is 20.3. The van der Waals surface area contributed by atoms with E-state index in [1.807, 2.05) is 98.7 Å². The first-order chi connectivity index (χ1) is 44.0. The van der Waals surface area contributed by atoms with Gasteiger partial charge in [0, 0.05) is 60.1 Å². The molecule has 13 rings (SSSR count). The van der Waals surface area contributed by atoms with Crippen molar-refractivity contribution in [1.29, 1.82) is 0 Å². The van der Waals surface area contributed by atoms with Crippen LogP contribution in [-0.2, 0) is 76.6 Å². The van der Waals surface area contributed by atoms with E-state index in [-0.39, 0.29) is 96.7 Å². The summed E-state index contributed by atoms with van der Waals surface area (Å²) in [5, 5.41) is 5.84. The molecule has 7 fully saturated rings. The number of ether oxygens (including phenoxy) is 6. The van der Waals surface area contributed by atoms with E-state index in [0.29, 0.717) is 64.9 Å². The van der Waals surface area contributed by atoms with Gasteiger partial charge in [-0.1, -0.05) is 106 Å². The topological polar surface area (TPSA) is 240 Å². The number of benzene rings is 2. The summed E-state index contributed by atoms with van der Waals surface area (Å²) in [5.41, 5.74) is 2.57. The summed E-state index contributed by atoms with van der Waals surface area (Å²) in [6.45, 7) is 17.8. The van der Waals surface area contributed by atoms with Crippen molar-refractivity contribution in [2.45, 2.75) is 243 Å². The number of carbonyl (C=O) groups excluding carboxylic acids is 6. The standard InChI is InChI=1S/C36H47N4O6.C36H49N4O6.2V/c1-6-22-27(19-41)40-18-29(22)45-32-30(37-25-11-10-21(44-5)17-26(25)38-32)36(13-14-36)12-8-7-9-23-24-15-20(24)16-28(23)46-34(43)39-31(33(40)42)35(2,3)4;1-7-24-27(21-41)40-20-28(24)45-31-29(37-25-14-13-23(44-6)19-26(25)38-31)36(17-18-36)16-9-8-11-22-12-10-15-35(22,5)46-33(43)39-30(32(40)42)34(2,3)4;;/h10-11,17,20,22-24,27-29,31H,6-9,12-16,18H2,1-5H3,(H,39,43);13-14,19,22,24,27-28,30H,7-12,15-18,20H2,1-6H3,(H,39,43);;/q2*-1;;/t20?,22-,23+,24?,27+,28+,29-,31+;22-,24+,27-,28+,30-,35-;;/m01../s1. The molecule has 5 saturated carbocycles. The second-order valence-corrected chi connectivity index (χ2v) is 30.8. The minimum atomic E-state index is -0.910. The minimum Gasteiger partial charge on any atom is -0.540 e. The molecule has 94 heavy (non-hydrogen) atoms. The van der Waals surface area contributed by atoms with Crippen molar-refractivity contribution in [2.24, 2.45) is 46.3 Å². The molecular weight excluding hydrogens is 1270 g/mol. The number of fused-ring (bicyclic) bond motifs is 14. The number of carbonyl (C=O) groups is 4. The summed E-state index contributed by atoms with van der Waals surface area (Å²) in [6, 6.07) is 7.96. The molecule has 20 nitrogen and oxygen atoms in total. The zero-order chi connectivity index (χ0) is 65.2. The Morgan fingerprint density at radius 3 is 1.48 bits per heavy atom. The molecule has 2 N–H and O–H groups in total. The summed E-state index contributed by atoms with van der Waals surface area (Å²) >= 11 is 0. The quantitative estimate of drug-likeness (QED) is 0.171. The van der Waals surface area contributed by atoms with Crippen LogP contribution in [0.25, 0.3) is 22.1 Å². The predicted molar refractivity (Wildman–Crippen MR) is 345 cm³/mol. The Kier molecular flexibility index (Phi) is 21.2. The normalized spacial score (nSPS) is 32.1. The molecule has 4 aliphatic heterocycles. The van der Waals surface area contributed by atoms with Gasteiger partial charge in [-0.05, 0) is 161 Å². The Morgan fingerprint density at radius 2 is 1.03 bits per heavy atom. The summed E-state index contributed by atoms with van der Waals surface area (Å²) in [7, 11) is 3.25. The number of nitrogens with one attached hydrogen (secondary N) is 2. The van der Waals surface area contributed by atoms with Gasteiger partial charge < -0.3 is 58.4 Å². The summed E-state index contributed by atoms with van der Waals surface area (Å²) < 4.78 is 36.8. The van der Waals surface area contributed by atoms with Crippen LogP contribution < -0.4 is 29.6 Å². The maximum atomic E-state index is 14.3. The number of methoxy groups -OCH3 is 2. The molecular formula is C72H96N8O12V2-2. The molecule has 2 aromatic heterocycles. The maximum absolute atomic E-state index is 14.3. The molecule has 2 spiro atoms. The van der Waals surface area contributed by atoms with E-state index in [9.17, 15) is 28.8 Å². The SMILES string of the molecule is CC[C@@H]1[C@@H]2CN(C(=O)[C@H](C(C)(C)C)NC(=O)O[C@@H]3CC4CC4[C@H]3CCCCC3(CC3)c3nc4ccc(OC)cc4nc3O2)[C@@H]1[C-]=O.CC[C@@H]1[C@@H]2CN(C(=O)[C@H](C(C)(C)C)NC(=O)O[C@]3(C)CCC[C@H]3CCCCC3(CC3)c3nc4ccc(OC)cc4nc3O2)[C@@H]1[C-]=O.[V].[V]. The number of amides is 4. The molecule has 22 heteroatoms. The van der Waals surface area contributed by atoms with Gasteiger partial charge in [-0.15, -0.1) is 0 Å². The van der Waals surface area contributed by atoms with Gasteiger partial charge in [0.05, 0.1) is 49.4 Å². The molecule has 2 saturated heterocycles. The van der Waals surface area contributed by atoms with Crippen molar-refractivity contribution < 1.29 is 94.3 Å². The third kappa shape index (κ3) is 14.2. The van der Waals surface area contributed by atoms with Gasteiger partial charge in [-0.25, -0.2) is 42.1 Å². The van der Waals surface area contributed by atoms with Gasteiger partial charge in [-0.3, -0.25) is 9.59 Å². The molecule has 14 atom stereocenters. The Hall–Kier alpha value is -5.69. The minimum absolute atomic E-state index is 0. The van der Waals surface area contributed by atoms with Crippen LogP contribution in [-0.4, -0.2) is 142 Å². The van der Waals surface area contributed by atoms with Crippen molar-refractivity contribution in [3.05, 3.63) is 47.8 Å². The molecule has 4 bridgehead atoms. The van der Waals surface area contributed by atoms with Crippen LogP contribution >= 0.6 is 0 Å². The second-order valence-electron chi connectivity index (χ2n) is 30.8. The maximum Gasteiger partial charge on any atom is 0.408 e. The Morgan fingerprint density at radius 1 is 0.564 bits per heavy atom. The molecule has 6 heterocycles. The van der Waals surface area contributed by atoms with Crippen molar-refractivity contribution >= 4 is 58.6 Å². The third-order valence-corrected chi connectivity index (χ3v) is 22.7. The van der Waals surface area contributed by atoms with Crippen LogP contribution in [0.3, 0.4) is 0 Å². The molecule has 4 aromatic rings. The summed E-state index contributed by atoms with van der Waals surface area (Å²) in [5.74, 6) is 2.90. The largest absolute Gasteiger partial charge is 0.540 e. The van der Waals surface area contributed by atoms with Gasteiger partial charge in [0.25, 0.3) is 0 Å². The number of rotatable bonds is 6. The van der Waals surface area contributed by atoms with Crippen molar-refractivity contribution in [2.75, 3.05) is 27.3 Å². The average Bonchev–Trinajstić information content (AvgIpc) is 1.61. The van der Waals surface area contributed by atoms with Gasteiger partial charge in [0.1, 0.15) is 58.9 Å². The molecule has 9 aliphatic rings. The monoisotopic (exact) mass is 1370 g/mol. The fraction of sp³-hybridized carbons (Fsp3) is 0.694. The number of nitrogens with zero attached hydrogens (tertiary/aromatic N) is 6. The summed E-state index contributed by atoms with van der Waals surface area (Å²) in [4.78, 5) is 104. The van der Waals surface area contributed by atoms with E-state index < -0.39 is 65.0 Å². The first-order valence-electron chi connectivity index (χ1n) is 34.3. The van der Waals surface area contributed by atoms with Gasteiger partial charge in [0.15, 0.2) is 0 Å².